The second-order valence-corrected chi connectivity index (χ2v) is 8.10. The van der Waals surface area contributed by atoms with Crippen molar-refractivity contribution < 1.29 is 17.5 Å². The molecule has 0 fully saturated rings. The van der Waals surface area contributed by atoms with Crippen molar-refractivity contribution in [1.29, 1.82) is 0 Å². The standard InChI is InChI=1S/C12H15BrClFO3S/c1-9(5-7-19(14,16)17)4-6-18-10-2-3-11(13)12(15)8-10/h2-3,8-9H,4-7H2,1H3. The summed E-state index contributed by atoms with van der Waals surface area (Å²) in [5, 5.41) is 0. The lowest BCUT2D eigenvalue weighted by atomic mass is 10.1. The van der Waals surface area contributed by atoms with Crippen molar-refractivity contribution in [2.24, 2.45) is 5.92 Å². The van der Waals surface area contributed by atoms with Gasteiger partial charge in [0.1, 0.15) is 11.6 Å². The number of benzene rings is 1. The van der Waals surface area contributed by atoms with Crippen molar-refractivity contribution in [2.45, 2.75) is 19.8 Å². The Morgan fingerprint density at radius 2 is 2.11 bits per heavy atom. The van der Waals surface area contributed by atoms with Crippen LogP contribution in [0.25, 0.3) is 0 Å². The predicted octanol–water partition coefficient (Wildman–Crippen LogP) is 3.95. The minimum atomic E-state index is -3.43. The molecule has 1 aromatic rings. The first-order valence-electron chi connectivity index (χ1n) is 5.78. The number of ether oxygens (including phenoxy) is 1. The molecule has 0 saturated heterocycles. The van der Waals surface area contributed by atoms with Crippen LogP contribution < -0.4 is 4.74 Å². The average molecular weight is 374 g/mol. The highest BCUT2D eigenvalue weighted by atomic mass is 79.9. The van der Waals surface area contributed by atoms with Crippen LogP contribution in [-0.4, -0.2) is 20.8 Å². The van der Waals surface area contributed by atoms with Crippen LogP contribution in [0.5, 0.6) is 5.75 Å². The molecule has 0 N–H and O–H groups in total. The molecule has 3 nitrogen and oxygen atoms in total. The van der Waals surface area contributed by atoms with Gasteiger partial charge in [0.25, 0.3) is 0 Å². The van der Waals surface area contributed by atoms with E-state index in [1.54, 1.807) is 12.1 Å². The number of hydrogen-bond donors (Lipinski definition) is 0. The van der Waals surface area contributed by atoms with Gasteiger partial charge in [-0.05, 0) is 46.8 Å². The van der Waals surface area contributed by atoms with Crippen LogP contribution >= 0.6 is 26.6 Å². The summed E-state index contributed by atoms with van der Waals surface area (Å²) in [4.78, 5) is 0. The molecule has 0 radical (unpaired) electrons. The monoisotopic (exact) mass is 372 g/mol. The fraction of sp³-hybridized carbons (Fsp3) is 0.500. The van der Waals surface area contributed by atoms with Crippen molar-refractivity contribution in [2.75, 3.05) is 12.4 Å². The molecular weight excluding hydrogens is 359 g/mol. The third-order valence-corrected chi connectivity index (χ3v) is 4.45. The van der Waals surface area contributed by atoms with Gasteiger partial charge >= 0.3 is 0 Å². The van der Waals surface area contributed by atoms with Crippen molar-refractivity contribution in [3.05, 3.63) is 28.5 Å². The molecule has 0 bridgehead atoms. The third kappa shape index (κ3) is 7.13. The van der Waals surface area contributed by atoms with Crippen molar-refractivity contribution >= 4 is 35.7 Å². The zero-order valence-corrected chi connectivity index (χ0v) is 13.6. The number of rotatable bonds is 7. The summed E-state index contributed by atoms with van der Waals surface area (Å²) >= 11 is 3.06. The minimum absolute atomic E-state index is 0.0391. The molecule has 0 aliphatic rings. The van der Waals surface area contributed by atoms with Crippen LogP contribution in [0.15, 0.2) is 22.7 Å². The van der Waals surface area contributed by atoms with Crippen LogP contribution in [0.3, 0.4) is 0 Å². The molecule has 0 saturated carbocycles. The first-order chi connectivity index (χ1) is 8.78. The zero-order valence-electron chi connectivity index (χ0n) is 10.4. The smallest absolute Gasteiger partial charge is 0.232 e. The molecule has 0 amide bonds. The van der Waals surface area contributed by atoms with E-state index in [9.17, 15) is 12.8 Å². The summed E-state index contributed by atoms with van der Waals surface area (Å²) in [6, 6.07) is 4.55. The Morgan fingerprint density at radius 3 is 2.68 bits per heavy atom. The highest BCUT2D eigenvalue weighted by Crippen LogP contribution is 2.21. The predicted molar refractivity (Wildman–Crippen MR) is 77.6 cm³/mol. The fourth-order valence-corrected chi connectivity index (χ4v) is 2.63. The van der Waals surface area contributed by atoms with Crippen LogP contribution in [0.1, 0.15) is 19.8 Å². The lowest BCUT2D eigenvalue weighted by Gasteiger charge is -2.11. The fourth-order valence-electron chi connectivity index (χ4n) is 1.43. The van der Waals surface area contributed by atoms with Crippen LogP contribution in [0, 0.1) is 11.7 Å². The summed E-state index contributed by atoms with van der Waals surface area (Å²) in [5.41, 5.74) is 0. The van der Waals surface area contributed by atoms with E-state index in [4.69, 9.17) is 15.4 Å². The SMILES string of the molecule is CC(CCOc1ccc(Br)c(F)c1)CCS(=O)(=O)Cl. The van der Waals surface area contributed by atoms with Gasteiger partial charge in [-0.25, -0.2) is 12.8 Å². The summed E-state index contributed by atoms with van der Waals surface area (Å²) in [6.45, 7) is 2.33. The second kappa shape index (κ2) is 7.45. The Morgan fingerprint density at radius 1 is 1.42 bits per heavy atom. The van der Waals surface area contributed by atoms with Gasteiger partial charge in [0, 0.05) is 16.7 Å². The molecule has 108 valence electrons. The van der Waals surface area contributed by atoms with E-state index < -0.39 is 9.05 Å². The molecule has 1 aromatic carbocycles. The van der Waals surface area contributed by atoms with E-state index in [0.717, 1.165) is 0 Å². The molecule has 1 rings (SSSR count). The van der Waals surface area contributed by atoms with Crippen molar-refractivity contribution in [3.63, 3.8) is 0 Å². The largest absolute Gasteiger partial charge is 0.493 e. The lowest BCUT2D eigenvalue weighted by Crippen LogP contribution is -2.08. The van der Waals surface area contributed by atoms with E-state index in [2.05, 4.69) is 15.9 Å². The van der Waals surface area contributed by atoms with E-state index in [0.29, 0.717) is 29.7 Å². The number of hydrogen-bond acceptors (Lipinski definition) is 3. The van der Waals surface area contributed by atoms with Crippen LogP contribution in [0.4, 0.5) is 4.39 Å². The van der Waals surface area contributed by atoms with E-state index in [1.807, 2.05) is 6.92 Å². The van der Waals surface area contributed by atoms with Gasteiger partial charge < -0.3 is 4.74 Å². The Hall–Kier alpha value is -0.330. The van der Waals surface area contributed by atoms with Gasteiger partial charge in [0.05, 0.1) is 16.8 Å². The van der Waals surface area contributed by atoms with Gasteiger partial charge in [-0.3, -0.25) is 0 Å². The maximum Gasteiger partial charge on any atom is 0.232 e. The second-order valence-electron chi connectivity index (χ2n) is 4.35. The molecule has 7 heteroatoms. The number of halogens is 3. The van der Waals surface area contributed by atoms with Gasteiger partial charge in [0.15, 0.2) is 0 Å². The highest BCUT2D eigenvalue weighted by molar-refractivity contribution is 9.10. The van der Waals surface area contributed by atoms with Gasteiger partial charge in [0.2, 0.25) is 9.05 Å². The molecule has 0 aliphatic carbocycles. The van der Waals surface area contributed by atoms with Crippen molar-refractivity contribution in [1.82, 2.24) is 0 Å². The first-order valence-corrected chi connectivity index (χ1v) is 9.05. The Labute approximate surface area is 125 Å². The topological polar surface area (TPSA) is 43.4 Å². The highest BCUT2D eigenvalue weighted by Gasteiger charge is 2.10. The normalized spacial score (nSPS) is 13.3. The maximum absolute atomic E-state index is 13.2. The molecular formula is C12H15BrClFO3S. The Bertz CT molecular complexity index is 522. The zero-order chi connectivity index (χ0) is 14.5. The molecule has 1 unspecified atom stereocenters. The van der Waals surface area contributed by atoms with Crippen molar-refractivity contribution in [3.8, 4) is 5.75 Å². The third-order valence-electron chi connectivity index (χ3n) is 2.62. The van der Waals surface area contributed by atoms with Gasteiger partial charge in [-0.2, -0.15) is 0 Å². The van der Waals surface area contributed by atoms with Crippen LogP contribution in [-0.2, 0) is 9.05 Å². The van der Waals surface area contributed by atoms with E-state index in [1.165, 1.54) is 6.07 Å². The molecule has 0 aromatic heterocycles. The van der Waals surface area contributed by atoms with Crippen LogP contribution in [0.2, 0.25) is 0 Å². The Balaban J connectivity index is 2.31. The summed E-state index contributed by atoms with van der Waals surface area (Å²) in [5.74, 6) is 0.216. The van der Waals surface area contributed by atoms with Gasteiger partial charge in [-0.1, -0.05) is 6.92 Å². The Kier molecular flexibility index (Phi) is 6.56. The quantitative estimate of drug-likeness (QED) is 0.680. The van der Waals surface area contributed by atoms with E-state index in [-0.39, 0.29) is 17.5 Å². The molecule has 0 heterocycles. The molecule has 19 heavy (non-hydrogen) atoms. The molecule has 0 aliphatic heterocycles. The molecule has 1 atom stereocenters. The summed E-state index contributed by atoms with van der Waals surface area (Å²) in [7, 11) is 1.70. The van der Waals surface area contributed by atoms with E-state index >= 15 is 0 Å². The summed E-state index contributed by atoms with van der Waals surface area (Å²) < 4.78 is 40.6. The minimum Gasteiger partial charge on any atom is -0.493 e. The first kappa shape index (κ1) is 16.7. The molecule has 0 spiro atoms. The maximum atomic E-state index is 13.2. The average Bonchev–Trinajstić information content (AvgIpc) is 2.30. The lowest BCUT2D eigenvalue weighted by molar-refractivity contribution is 0.280. The summed E-state index contributed by atoms with van der Waals surface area (Å²) in [6.07, 6.45) is 1.17. The van der Waals surface area contributed by atoms with Gasteiger partial charge in [-0.15, -0.1) is 0 Å².